The topological polar surface area (TPSA) is 49.4 Å². The van der Waals surface area contributed by atoms with Crippen LogP contribution in [0.15, 0.2) is 24.3 Å². The zero-order valence-corrected chi connectivity index (χ0v) is 13.4. The number of hydrogen-bond donors (Lipinski definition) is 1. The first-order chi connectivity index (χ1) is 9.90. The molecule has 1 aliphatic rings. The highest BCUT2D eigenvalue weighted by atomic mass is 35.5. The zero-order chi connectivity index (χ0) is 15.6. The van der Waals surface area contributed by atoms with Crippen LogP contribution in [0.4, 0.5) is 0 Å². The molecule has 21 heavy (non-hydrogen) atoms. The first-order valence-electron chi connectivity index (χ1n) is 7.24. The van der Waals surface area contributed by atoms with E-state index >= 15 is 0 Å². The summed E-state index contributed by atoms with van der Waals surface area (Å²) in [5.74, 6) is 0.193. The summed E-state index contributed by atoms with van der Waals surface area (Å²) in [6, 6.07) is 6.51. The standard InChI is InChI=1S/C16H21ClN2O2/c1-10(2)8-14-15(20)18-11(3)16(21)19(14)9-12-6-4-5-7-13(12)17/h4-7,10-11,14H,8-9H2,1-3H3,(H,18,20). The number of nitrogens with one attached hydrogen (secondary N) is 1. The molecule has 1 aliphatic heterocycles. The highest BCUT2D eigenvalue weighted by Gasteiger charge is 2.38. The lowest BCUT2D eigenvalue weighted by atomic mass is 9.97. The van der Waals surface area contributed by atoms with Crippen molar-refractivity contribution in [1.29, 1.82) is 0 Å². The molecule has 1 N–H and O–H groups in total. The molecular weight excluding hydrogens is 288 g/mol. The van der Waals surface area contributed by atoms with Crippen molar-refractivity contribution in [2.75, 3.05) is 0 Å². The van der Waals surface area contributed by atoms with Crippen molar-refractivity contribution in [2.45, 2.75) is 45.8 Å². The van der Waals surface area contributed by atoms with Gasteiger partial charge in [-0.15, -0.1) is 0 Å². The van der Waals surface area contributed by atoms with E-state index in [2.05, 4.69) is 5.32 Å². The van der Waals surface area contributed by atoms with E-state index in [0.29, 0.717) is 23.9 Å². The van der Waals surface area contributed by atoms with Crippen LogP contribution in [0.3, 0.4) is 0 Å². The molecule has 0 radical (unpaired) electrons. The summed E-state index contributed by atoms with van der Waals surface area (Å²) in [6.45, 7) is 6.17. The van der Waals surface area contributed by atoms with Crippen molar-refractivity contribution < 1.29 is 9.59 Å². The second-order valence-corrected chi connectivity index (χ2v) is 6.34. The second-order valence-electron chi connectivity index (χ2n) is 5.93. The Morgan fingerprint density at radius 3 is 2.57 bits per heavy atom. The van der Waals surface area contributed by atoms with E-state index in [1.807, 2.05) is 32.0 Å². The minimum atomic E-state index is -0.483. The minimum Gasteiger partial charge on any atom is -0.343 e. The van der Waals surface area contributed by atoms with Crippen molar-refractivity contribution in [3.63, 3.8) is 0 Å². The maximum absolute atomic E-state index is 12.4. The Morgan fingerprint density at radius 1 is 1.29 bits per heavy atom. The molecule has 2 atom stereocenters. The van der Waals surface area contributed by atoms with Crippen molar-refractivity contribution in [3.05, 3.63) is 34.9 Å². The van der Waals surface area contributed by atoms with Gasteiger partial charge in [-0.25, -0.2) is 0 Å². The summed E-state index contributed by atoms with van der Waals surface area (Å²) in [5, 5.41) is 3.37. The maximum Gasteiger partial charge on any atom is 0.245 e. The Kier molecular flexibility index (Phi) is 4.88. The molecule has 2 amide bonds. The molecule has 0 aliphatic carbocycles. The average Bonchev–Trinajstić information content (AvgIpc) is 2.42. The molecule has 4 nitrogen and oxygen atoms in total. The van der Waals surface area contributed by atoms with Gasteiger partial charge in [0.2, 0.25) is 11.8 Å². The number of piperazine rings is 1. The summed E-state index contributed by atoms with van der Waals surface area (Å²) in [6.07, 6.45) is 0.648. The van der Waals surface area contributed by atoms with E-state index in [0.717, 1.165) is 5.56 Å². The Balaban J connectivity index is 2.27. The van der Waals surface area contributed by atoms with Gasteiger partial charge in [0.05, 0.1) is 0 Å². The van der Waals surface area contributed by atoms with E-state index in [1.54, 1.807) is 17.9 Å². The zero-order valence-electron chi connectivity index (χ0n) is 12.6. The average molecular weight is 309 g/mol. The smallest absolute Gasteiger partial charge is 0.245 e. The highest BCUT2D eigenvalue weighted by Crippen LogP contribution is 2.23. The van der Waals surface area contributed by atoms with Gasteiger partial charge in [-0.1, -0.05) is 43.6 Å². The lowest BCUT2D eigenvalue weighted by Gasteiger charge is -2.38. The number of amides is 2. The van der Waals surface area contributed by atoms with Crippen LogP contribution in [0.1, 0.15) is 32.8 Å². The van der Waals surface area contributed by atoms with Crippen molar-refractivity contribution in [2.24, 2.45) is 5.92 Å². The second kappa shape index (κ2) is 6.48. The van der Waals surface area contributed by atoms with Gasteiger partial charge >= 0.3 is 0 Å². The van der Waals surface area contributed by atoms with E-state index < -0.39 is 12.1 Å². The molecule has 114 valence electrons. The molecule has 1 saturated heterocycles. The number of halogens is 1. The fourth-order valence-electron chi connectivity index (χ4n) is 2.59. The normalized spacial score (nSPS) is 22.6. The first-order valence-corrected chi connectivity index (χ1v) is 7.62. The SMILES string of the molecule is CC(C)CC1C(=O)NC(C)C(=O)N1Cc1ccccc1Cl. The third-order valence-electron chi connectivity index (χ3n) is 3.68. The molecule has 2 rings (SSSR count). The number of benzene rings is 1. The van der Waals surface area contributed by atoms with Crippen LogP contribution in [0, 0.1) is 5.92 Å². The lowest BCUT2D eigenvalue weighted by Crippen LogP contribution is -2.62. The molecular formula is C16H21ClN2O2. The molecule has 1 fully saturated rings. The third kappa shape index (κ3) is 3.56. The first kappa shape index (κ1) is 15.8. The maximum atomic E-state index is 12.4. The van der Waals surface area contributed by atoms with Gasteiger partial charge in [-0.2, -0.15) is 0 Å². The summed E-state index contributed by atoms with van der Waals surface area (Å²) >= 11 is 6.18. The molecule has 1 aromatic carbocycles. The van der Waals surface area contributed by atoms with Crippen LogP contribution < -0.4 is 5.32 Å². The molecule has 5 heteroatoms. The summed E-state index contributed by atoms with van der Waals surface area (Å²) in [4.78, 5) is 26.3. The van der Waals surface area contributed by atoms with Crippen LogP contribution in [0.25, 0.3) is 0 Å². The summed E-state index contributed by atoms with van der Waals surface area (Å²) < 4.78 is 0. The summed E-state index contributed by atoms with van der Waals surface area (Å²) in [7, 11) is 0. The molecule has 0 aromatic heterocycles. The number of rotatable bonds is 4. The van der Waals surface area contributed by atoms with E-state index in [-0.39, 0.29) is 11.8 Å². The van der Waals surface area contributed by atoms with Gasteiger partial charge in [0, 0.05) is 11.6 Å². The molecule has 0 spiro atoms. The highest BCUT2D eigenvalue weighted by molar-refractivity contribution is 6.31. The van der Waals surface area contributed by atoms with E-state index in [9.17, 15) is 9.59 Å². The minimum absolute atomic E-state index is 0.0554. The Bertz CT molecular complexity index is 545. The number of carbonyl (C=O) groups excluding carboxylic acids is 2. The summed E-state index contributed by atoms with van der Waals surface area (Å²) in [5.41, 5.74) is 0.864. The van der Waals surface area contributed by atoms with Gasteiger partial charge in [-0.3, -0.25) is 9.59 Å². The monoisotopic (exact) mass is 308 g/mol. The van der Waals surface area contributed by atoms with Gasteiger partial charge < -0.3 is 10.2 Å². The molecule has 2 unspecified atom stereocenters. The predicted octanol–water partition coefficient (Wildman–Crippen LogP) is 2.60. The Hall–Kier alpha value is -1.55. The molecule has 1 heterocycles. The van der Waals surface area contributed by atoms with E-state index in [1.165, 1.54) is 0 Å². The molecule has 0 saturated carbocycles. The van der Waals surface area contributed by atoms with E-state index in [4.69, 9.17) is 11.6 Å². The lowest BCUT2D eigenvalue weighted by molar-refractivity contribution is -0.150. The van der Waals surface area contributed by atoms with Crippen LogP contribution in [-0.2, 0) is 16.1 Å². The molecule has 0 bridgehead atoms. The number of nitrogens with zero attached hydrogens (tertiary/aromatic N) is 1. The molecule has 1 aromatic rings. The van der Waals surface area contributed by atoms with Gasteiger partial charge in [-0.05, 0) is 30.9 Å². The van der Waals surface area contributed by atoms with Crippen LogP contribution in [0.5, 0.6) is 0 Å². The Morgan fingerprint density at radius 2 is 1.95 bits per heavy atom. The van der Waals surface area contributed by atoms with Crippen LogP contribution in [0.2, 0.25) is 5.02 Å². The quantitative estimate of drug-likeness (QED) is 0.929. The fraction of sp³-hybridized carbons (Fsp3) is 0.500. The van der Waals surface area contributed by atoms with Gasteiger partial charge in [0.15, 0.2) is 0 Å². The number of carbonyl (C=O) groups is 2. The Labute approximate surface area is 130 Å². The van der Waals surface area contributed by atoms with Crippen LogP contribution >= 0.6 is 11.6 Å². The third-order valence-corrected chi connectivity index (χ3v) is 4.05. The van der Waals surface area contributed by atoms with Crippen molar-refractivity contribution in [3.8, 4) is 0 Å². The van der Waals surface area contributed by atoms with Crippen molar-refractivity contribution in [1.82, 2.24) is 10.2 Å². The van der Waals surface area contributed by atoms with Crippen LogP contribution in [-0.4, -0.2) is 28.8 Å². The number of hydrogen-bond acceptors (Lipinski definition) is 2. The van der Waals surface area contributed by atoms with Crippen molar-refractivity contribution >= 4 is 23.4 Å². The largest absolute Gasteiger partial charge is 0.343 e. The predicted molar refractivity (Wildman–Crippen MR) is 82.8 cm³/mol. The van der Waals surface area contributed by atoms with Gasteiger partial charge in [0.25, 0.3) is 0 Å². The fourth-order valence-corrected chi connectivity index (χ4v) is 2.79. The van der Waals surface area contributed by atoms with Gasteiger partial charge in [0.1, 0.15) is 12.1 Å².